The maximum atomic E-state index is 16.1. The van der Waals surface area contributed by atoms with E-state index in [0.717, 1.165) is 94.4 Å². The highest BCUT2D eigenvalue weighted by atomic mass is 19.4. The summed E-state index contributed by atoms with van der Waals surface area (Å²) in [6.07, 6.45) is -10.4. The molecule has 10 aromatic carbocycles. The molecule has 2 aromatic heterocycles. The summed E-state index contributed by atoms with van der Waals surface area (Å²) in [4.78, 5) is 0. The molecule has 0 saturated carbocycles. The molecule has 12 aromatic rings. The van der Waals surface area contributed by atoms with E-state index in [0.29, 0.717) is 28.1 Å². The Morgan fingerprint density at radius 1 is 0.355 bits per heavy atom. The maximum absolute atomic E-state index is 16.1. The molecule has 76 heavy (non-hydrogen) atoms. The van der Waals surface area contributed by atoms with Gasteiger partial charge in [-0.15, -0.1) is 0 Å². The second-order valence-electron chi connectivity index (χ2n) is 19.8. The molecule has 3 nitrogen and oxygen atoms in total. The van der Waals surface area contributed by atoms with Crippen LogP contribution in [0.15, 0.2) is 200 Å². The number of aromatic nitrogens is 2. The maximum Gasteiger partial charge on any atom is 0.417 e. The monoisotopic (exact) mass is 1010 g/mol. The molecule has 0 fully saturated rings. The van der Waals surface area contributed by atoms with Crippen LogP contribution in [0.5, 0.6) is 0 Å². The zero-order chi connectivity index (χ0) is 52.8. The quantitative estimate of drug-likeness (QED) is 0.147. The van der Waals surface area contributed by atoms with Gasteiger partial charge in [-0.3, -0.25) is 0 Å². The van der Waals surface area contributed by atoms with E-state index in [9.17, 15) is 18.4 Å². The number of fused-ring (bicyclic) bond motifs is 6. The minimum atomic E-state index is -5.27. The Balaban J connectivity index is 1.29. The van der Waals surface area contributed by atoms with Gasteiger partial charge >= 0.3 is 12.4 Å². The molecule has 0 saturated heterocycles. The SMILES string of the molecule is Cc1cccc(-c2ccc3c4ccc(-c5cccc(C)c5)cc4n(-c4cc(C#N)cc(-n5c6cc(-c7cccc(C)c7)ccc6c6ccc(-c7cccc(C)c7)cc65)c4-c4ccc(C(F)(F)F)cc4C(F)(F)F)c3c2)c1. The van der Waals surface area contributed by atoms with Gasteiger partial charge < -0.3 is 9.13 Å². The van der Waals surface area contributed by atoms with E-state index in [-0.39, 0.29) is 28.6 Å². The Labute approximate surface area is 434 Å². The summed E-state index contributed by atoms with van der Waals surface area (Å²) >= 11 is 0. The Morgan fingerprint density at radius 3 is 0.974 bits per heavy atom. The van der Waals surface area contributed by atoms with Gasteiger partial charge in [-0.05, 0) is 126 Å². The molecule has 0 aliphatic carbocycles. The summed E-state index contributed by atoms with van der Waals surface area (Å²) < 4.78 is 96.1. The van der Waals surface area contributed by atoms with Crippen LogP contribution >= 0.6 is 0 Å². The highest BCUT2D eigenvalue weighted by Gasteiger charge is 2.40. The standard InChI is InChI=1S/C67H45F6N3/c1-39-9-5-13-44(27-39)48-17-22-53-54-23-18-49(45-14-6-10-40(2)28-45)34-60(54)75(59(53)33-48)63-31-43(38-74)32-64(65(63)57-26-21-52(66(68,69)70)37-58(57)67(71,72)73)76-61-35-50(46-15-7-11-41(3)29-46)19-24-55(61)56-25-20-51(36-62(56)76)47-16-8-12-42(4)30-47/h5-37H,1-4H3. The minimum absolute atomic E-state index is 0.0264. The van der Waals surface area contributed by atoms with E-state index in [1.54, 1.807) is 12.1 Å². The van der Waals surface area contributed by atoms with Crippen molar-refractivity contribution in [3.05, 3.63) is 239 Å². The van der Waals surface area contributed by atoms with E-state index < -0.39 is 29.0 Å². The summed E-state index contributed by atoms with van der Waals surface area (Å²) in [7, 11) is 0. The normalized spacial score (nSPS) is 12.1. The van der Waals surface area contributed by atoms with Gasteiger partial charge in [0.2, 0.25) is 0 Å². The molecule has 0 aliphatic heterocycles. The molecule has 0 bridgehead atoms. The number of nitrogens with zero attached hydrogens (tertiary/aromatic N) is 3. The zero-order valence-electron chi connectivity index (χ0n) is 41.7. The molecule has 0 aliphatic rings. The van der Waals surface area contributed by atoms with Crippen LogP contribution in [0.1, 0.15) is 38.9 Å². The smallest absolute Gasteiger partial charge is 0.308 e. The van der Waals surface area contributed by atoms with E-state index in [1.807, 2.05) is 182 Å². The summed E-state index contributed by atoms with van der Waals surface area (Å²) in [6.45, 7) is 7.99. The molecular formula is C67H45F6N3. The number of aryl methyl sites for hydroxylation is 4. The predicted molar refractivity (Wildman–Crippen MR) is 296 cm³/mol. The van der Waals surface area contributed by atoms with E-state index in [2.05, 4.69) is 30.3 Å². The molecule has 0 amide bonds. The summed E-state index contributed by atoms with van der Waals surface area (Å²) in [5.41, 5.74) is 10.6. The van der Waals surface area contributed by atoms with Crippen molar-refractivity contribution in [3.63, 3.8) is 0 Å². The summed E-state index contributed by atoms with van der Waals surface area (Å²) in [5, 5.41) is 14.3. The Hall–Kier alpha value is -9.13. The number of nitriles is 1. The summed E-state index contributed by atoms with van der Waals surface area (Å²) in [5.74, 6) is 0. The van der Waals surface area contributed by atoms with Crippen LogP contribution in [0.25, 0.3) is 111 Å². The molecule has 0 N–H and O–H groups in total. The second-order valence-corrected chi connectivity index (χ2v) is 19.8. The third-order valence-electron chi connectivity index (χ3n) is 14.6. The van der Waals surface area contributed by atoms with Crippen molar-refractivity contribution in [1.82, 2.24) is 9.13 Å². The fourth-order valence-electron chi connectivity index (χ4n) is 11.1. The lowest BCUT2D eigenvalue weighted by atomic mass is 9.92. The molecule has 0 radical (unpaired) electrons. The first-order valence-electron chi connectivity index (χ1n) is 24.8. The van der Waals surface area contributed by atoms with Crippen LogP contribution in [0.4, 0.5) is 26.3 Å². The number of hydrogen-bond donors (Lipinski definition) is 0. The van der Waals surface area contributed by atoms with Crippen molar-refractivity contribution in [1.29, 1.82) is 5.26 Å². The fourth-order valence-corrected chi connectivity index (χ4v) is 11.1. The van der Waals surface area contributed by atoms with Gasteiger partial charge in [0, 0.05) is 27.1 Å². The van der Waals surface area contributed by atoms with Gasteiger partial charge in [0.15, 0.2) is 0 Å². The predicted octanol–water partition coefficient (Wildman–Crippen LogP) is 19.4. The molecule has 0 atom stereocenters. The number of rotatable bonds is 7. The van der Waals surface area contributed by atoms with E-state index in [1.165, 1.54) is 0 Å². The van der Waals surface area contributed by atoms with Gasteiger partial charge in [0.1, 0.15) is 0 Å². The number of benzene rings is 10. The first-order chi connectivity index (χ1) is 36.5. The largest absolute Gasteiger partial charge is 0.417 e. The third-order valence-corrected chi connectivity index (χ3v) is 14.6. The van der Waals surface area contributed by atoms with Crippen LogP contribution < -0.4 is 0 Å². The van der Waals surface area contributed by atoms with Crippen molar-refractivity contribution in [3.8, 4) is 73.1 Å². The lowest BCUT2D eigenvalue weighted by molar-refractivity contribution is -0.142. The molecule has 0 unspecified atom stereocenters. The molecule has 9 heteroatoms. The van der Waals surface area contributed by atoms with E-state index in [4.69, 9.17) is 0 Å². The molecule has 370 valence electrons. The van der Waals surface area contributed by atoms with Crippen molar-refractivity contribution >= 4 is 43.6 Å². The van der Waals surface area contributed by atoms with E-state index >= 15 is 13.2 Å². The topological polar surface area (TPSA) is 33.6 Å². The van der Waals surface area contributed by atoms with Crippen LogP contribution in [-0.2, 0) is 12.4 Å². The zero-order valence-corrected chi connectivity index (χ0v) is 41.7. The highest BCUT2D eigenvalue weighted by Crippen LogP contribution is 2.49. The third kappa shape index (κ3) is 8.36. The average molecular weight is 1010 g/mol. The highest BCUT2D eigenvalue weighted by molar-refractivity contribution is 6.14. The molecule has 12 rings (SSSR count). The van der Waals surface area contributed by atoms with Crippen molar-refractivity contribution < 1.29 is 26.3 Å². The molecule has 0 spiro atoms. The van der Waals surface area contributed by atoms with Crippen molar-refractivity contribution in [2.75, 3.05) is 0 Å². The van der Waals surface area contributed by atoms with Crippen LogP contribution in [0.3, 0.4) is 0 Å². The lowest BCUT2D eigenvalue weighted by Crippen LogP contribution is -2.14. The molecular weight excluding hydrogens is 961 g/mol. The van der Waals surface area contributed by atoms with Crippen molar-refractivity contribution in [2.45, 2.75) is 40.0 Å². The first kappa shape index (κ1) is 47.8. The fraction of sp³-hybridized carbons (Fsp3) is 0.0896. The Morgan fingerprint density at radius 2 is 0.684 bits per heavy atom. The first-order valence-corrected chi connectivity index (χ1v) is 24.8. The second kappa shape index (κ2) is 18.1. The Bertz CT molecular complexity index is 3950. The van der Waals surface area contributed by atoms with Gasteiger partial charge in [-0.2, -0.15) is 31.6 Å². The minimum Gasteiger partial charge on any atom is -0.308 e. The van der Waals surface area contributed by atoms with Crippen LogP contribution in [0.2, 0.25) is 0 Å². The number of hydrogen-bond acceptors (Lipinski definition) is 1. The number of halogens is 6. The van der Waals surface area contributed by atoms with Gasteiger partial charge in [0.25, 0.3) is 0 Å². The van der Waals surface area contributed by atoms with Crippen LogP contribution in [0, 0.1) is 39.0 Å². The molecule has 2 heterocycles. The van der Waals surface area contributed by atoms with Gasteiger partial charge in [-0.25, -0.2) is 0 Å². The lowest BCUT2D eigenvalue weighted by Gasteiger charge is -2.24. The van der Waals surface area contributed by atoms with Gasteiger partial charge in [-0.1, -0.05) is 174 Å². The average Bonchev–Trinajstić information content (AvgIpc) is 3.95. The number of alkyl halides is 6. The van der Waals surface area contributed by atoms with Crippen molar-refractivity contribution in [2.24, 2.45) is 0 Å². The van der Waals surface area contributed by atoms with Crippen LogP contribution in [-0.4, -0.2) is 9.13 Å². The Kier molecular flexibility index (Phi) is 11.4. The summed E-state index contributed by atoms with van der Waals surface area (Å²) in [6, 6.07) is 63.4. The van der Waals surface area contributed by atoms with Gasteiger partial charge in [0.05, 0.1) is 56.2 Å².